The number of amides is 2. The van der Waals surface area contributed by atoms with E-state index < -0.39 is 18.3 Å². The van der Waals surface area contributed by atoms with Gasteiger partial charge in [0, 0.05) is 42.7 Å². The minimum atomic E-state index is -0.904. The fourth-order valence-electron chi connectivity index (χ4n) is 5.08. The Bertz CT molecular complexity index is 836. The average molecular weight is 402 g/mol. The van der Waals surface area contributed by atoms with Gasteiger partial charge in [-0.05, 0) is 49.5 Å². The third-order valence-electron chi connectivity index (χ3n) is 7.39. The van der Waals surface area contributed by atoms with Crippen LogP contribution in [0.5, 0.6) is 0 Å². The molecule has 0 aromatic rings. The average Bonchev–Trinajstić information content (AvgIpc) is 2.89. The molecule has 2 amide bonds. The Hall–Kier alpha value is -2.12. The van der Waals surface area contributed by atoms with Crippen LogP contribution in [0.15, 0.2) is 34.6 Å². The Morgan fingerprint density at radius 1 is 1.28 bits per heavy atom. The smallest absolute Gasteiger partial charge is 0.410 e. The molecule has 0 spiro atoms. The zero-order valence-corrected chi connectivity index (χ0v) is 17.5. The van der Waals surface area contributed by atoms with Gasteiger partial charge in [0.1, 0.15) is 12.2 Å². The van der Waals surface area contributed by atoms with Crippen molar-refractivity contribution in [2.75, 3.05) is 20.1 Å². The SMILES string of the molecule is CC1=C2C[C@]3(C)C(=C[C@@H](O)[C@H](OC(=O)N4CCC(O)CC4)[C@@H]3C)C=C2N(C)C1=O. The highest BCUT2D eigenvalue weighted by Crippen LogP contribution is 2.54. The van der Waals surface area contributed by atoms with Gasteiger partial charge in [-0.2, -0.15) is 0 Å². The summed E-state index contributed by atoms with van der Waals surface area (Å²) in [5.41, 5.74) is 3.35. The molecule has 7 heteroatoms. The number of hydrogen-bond acceptors (Lipinski definition) is 5. The molecule has 0 saturated carbocycles. The molecule has 1 saturated heterocycles. The van der Waals surface area contributed by atoms with Crippen molar-refractivity contribution in [3.63, 3.8) is 0 Å². The molecule has 4 aliphatic rings. The van der Waals surface area contributed by atoms with Crippen LogP contribution >= 0.6 is 0 Å². The number of ether oxygens (including phenoxy) is 1. The van der Waals surface area contributed by atoms with Crippen molar-refractivity contribution in [2.45, 2.75) is 58.3 Å². The lowest BCUT2D eigenvalue weighted by Gasteiger charge is -2.48. The summed E-state index contributed by atoms with van der Waals surface area (Å²) in [5.74, 6) is -0.117. The van der Waals surface area contributed by atoms with E-state index in [1.54, 1.807) is 22.9 Å². The van der Waals surface area contributed by atoms with Gasteiger partial charge in [-0.25, -0.2) is 4.79 Å². The van der Waals surface area contributed by atoms with Gasteiger partial charge in [0.05, 0.1) is 6.10 Å². The lowest BCUT2D eigenvalue weighted by Crippen LogP contribution is -2.51. The maximum Gasteiger partial charge on any atom is 0.410 e. The number of nitrogens with zero attached hydrogens (tertiary/aromatic N) is 2. The number of allylic oxidation sites excluding steroid dienone is 3. The maximum absolute atomic E-state index is 12.7. The van der Waals surface area contributed by atoms with E-state index in [0.29, 0.717) is 32.4 Å². The predicted octanol–water partition coefficient (Wildman–Crippen LogP) is 1.97. The van der Waals surface area contributed by atoms with Crippen molar-refractivity contribution in [1.29, 1.82) is 0 Å². The molecule has 2 N–H and O–H groups in total. The maximum atomic E-state index is 12.7. The van der Waals surface area contributed by atoms with Crippen molar-refractivity contribution >= 4 is 12.0 Å². The molecular formula is C22H30N2O5. The molecule has 7 nitrogen and oxygen atoms in total. The number of aliphatic hydroxyl groups is 2. The van der Waals surface area contributed by atoms with Crippen LogP contribution in [0.1, 0.15) is 40.0 Å². The number of aliphatic hydroxyl groups excluding tert-OH is 2. The highest BCUT2D eigenvalue weighted by Gasteiger charge is 2.51. The molecule has 158 valence electrons. The molecule has 4 rings (SSSR count). The van der Waals surface area contributed by atoms with Gasteiger partial charge >= 0.3 is 6.09 Å². The molecule has 2 heterocycles. The van der Waals surface area contributed by atoms with E-state index in [0.717, 1.165) is 22.4 Å². The molecule has 0 bridgehead atoms. The minimum Gasteiger partial charge on any atom is -0.443 e. The summed E-state index contributed by atoms with van der Waals surface area (Å²) in [4.78, 5) is 28.3. The largest absolute Gasteiger partial charge is 0.443 e. The van der Waals surface area contributed by atoms with Gasteiger partial charge < -0.3 is 24.7 Å². The van der Waals surface area contributed by atoms with E-state index in [4.69, 9.17) is 4.74 Å². The highest BCUT2D eigenvalue weighted by molar-refractivity contribution is 6.00. The second-order valence-corrected chi connectivity index (χ2v) is 9.06. The van der Waals surface area contributed by atoms with E-state index in [1.807, 2.05) is 19.9 Å². The minimum absolute atomic E-state index is 0.0116. The summed E-state index contributed by atoms with van der Waals surface area (Å²) in [6, 6.07) is 0. The van der Waals surface area contributed by atoms with E-state index in [-0.39, 0.29) is 23.3 Å². The number of piperidine rings is 1. The molecule has 2 aliphatic heterocycles. The van der Waals surface area contributed by atoms with E-state index >= 15 is 0 Å². The van der Waals surface area contributed by atoms with Crippen LogP contribution < -0.4 is 0 Å². The number of fused-ring (bicyclic) bond motifs is 2. The summed E-state index contributed by atoms with van der Waals surface area (Å²) in [6.45, 7) is 6.90. The third-order valence-corrected chi connectivity index (χ3v) is 7.39. The fourth-order valence-corrected chi connectivity index (χ4v) is 5.08. The molecule has 1 fully saturated rings. The predicted molar refractivity (Wildman–Crippen MR) is 107 cm³/mol. The first-order valence-corrected chi connectivity index (χ1v) is 10.4. The van der Waals surface area contributed by atoms with Crippen molar-refractivity contribution in [2.24, 2.45) is 11.3 Å². The first kappa shape index (κ1) is 20.2. The van der Waals surface area contributed by atoms with Gasteiger partial charge in [-0.3, -0.25) is 4.79 Å². The van der Waals surface area contributed by atoms with Crippen LogP contribution in [0.25, 0.3) is 0 Å². The first-order chi connectivity index (χ1) is 13.6. The lowest BCUT2D eigenvalue weighted by molar-refractivity contribution is -0.123. The number of carbonyl (C=O) groups excluding carboxylic acids is 2. The molecule has 0 aromatic carbocycles. The number of carbonyl (C=O) groups is 2. The van der Waals surface area contributed by atoms with E-state index in [2.05, 4.69) is 6.92 Å². The van der Waals surface area contributed by atoms with Crippen molar-refractivity contribution in [3.05, 3.63) is 34.6 Å². The monoisotopic (exact) mass is 402 g/mol. The summed E-state index contributed by atoms with van der Waals surface area (Å²) < 4.78 is 5.78. The molecule has 0 unspecified atom stereocenters. The van der Waals surface area contributed by atoms with Crippen LogP contribution in [0, 0.1) is 11.3 Å². The van der Waals surface area contributed by atoms with Crippen LogP contribution in [0.2, 0.25) is 0 Å². The Kier molecular flexibility index (Phi) is 4.86. The van der Waals surface area contributed by atoms with Gasteiger partial charge in [0.15, 0.2) is 0 Å². The highest BCUT2D eigenvalue weighted by atomic mass is 16.6. The Balaban J connectivity index is 1.59. The summed E-state index contributed by atoms with van der Waals surface area (Å²) in [7, 11) is 1.77. The summed E-state index contributed by atoms with van der Waals surface area (Å²) >= 11 is 0. The Labute approximate surface area is 171 Å². The second kappa shape index (κ2) is 6.99. The van der Waals surface area contributed by atoms with E-state index in [9.17, 15) is 19.8 Å². The van der Waals surface area contributed by atoms with Crippen molar-refractivity contribution < 1.29 is 24.5 Å². The number of likely N-dealkylation sites (N-methyl/N-ethyl adjacent to an activating group) is 1. The fraction of sp³-hybridized carbons (Fsp3) is 0.636. The molecule has 4 atom stereocenters. The van der Waals surface area contributed by atoms with Crippen LogP contribution in [-0.4, -0.2) is 70.5 Å². The molecule has 0 radical (unpaired) electrons. The second-order valence-electron chi connectivity index (χ2n) is 9.06. The molecule has 2 aliphatic carbocycles. The standard InChI is InChI=1S/C22H30N2O5/c1-12-16-11-22(3)13(2)19(29-21(28)24-7-5-15(25)6-8-24)18(26)10-14(22)9-17(16)23(4)20(12)27/h9-10,13,15,18-19,25-26H,5-8,11H2,1-4H3/t13-,18+,19+,22-/m0/s1. The topological polar surface area (TPSA) is 90.3 Å². The quantitative estimate of drug-likeness (QED) is 0.700. The zero-order valence-electron chi connectivity index (χ0n) is 17.5. The van der Waals surface area contributed by atoms with E-state index in [1.165, 1.54) is 0 Å². The van der Waals surface area contributed by atoms with Gasteiger partial charge in [-0.15, -0.1) is 0 Å². The normalized spacial score (nSPS) is 35.2. The summed E-state index contributed by atoms with van der Waals surface area (Å²) in [5, 5.41) is 20.4. The first-order valence-electron chi connectivity index (χ1n) is 10.4. The summed E-state index contributed by atoms with van der Waals surface area (Å²) in [6.07, 6.45) is 3.16. The van der Waals surface area contributed by atoms with Crippen LogP contribution in [0.3, 0.4) is 0 Å². The van der Waals surface area contributed by atoms with Gasteiger partial charge in [0.2, 0.25) is 0 Å². The lowest BCUT2D eigenvalue weighted by atomic mass is 9.59. The number of hydrogen-bond donors (Lipinski definition) is 2. The molecular weight excluding hydrogens is 372 g/mol. The zero-order chi connectivity index (χ0) is 21.1. The third kappa shape index (κ3) is 3.11. The van der Waals surface area contributed by atoms with Gasteiger partial charge in [-0.1, -0.05) is 13.8 Å². The van der Waals surface area contributed by atoms with Crippen molar-refractivity contribution in [3.8, 4) is 0 Å². The van der Waals surface area contributed by atoms with Crippen LogP contribution in [-0.2, 0) is 9.53 Å². The Morgan fingerprint density at radius 3 is 2.59 bits per heavy atom. The number of likely N-dealkylation sites (tertiary alicyclic amines) is 1. The molecule has 29 heavy (non-hydrogen) atoms. The van der Waals surface area contributed by atoms with Crippen molar-refractivity contribution in [1.82, 2.24) is 9.80 Å². The molecule has 0 aromatic heterocycles. The van der Waals surface area contributed by atoms with Gasteiger partial charge in [0.25, 0.3) is 5.91 Å². The van der Waals surface area contributed by atoms with Crippen LogP contribution in [0.4, 0.5) is 4.79 Å². The number of rotatable bonds is 1. The Morgan fingerprint density at radius 2 is 1.93 bits per heavy atom.